The highest BCUT2D eigenvalue weighted by Gasteiger charge is 2.28. The Kier molecular flexibility index (Phi) is 7.30. The Morgan fingerprint density at radius 3 is 2.44 bits per heavy atom. The van der Waals surface area contributed by atoms with E-state index in [1.165, 1.54) is 12.1 Å². The molecule has 3 aromatic rings. The van der Waals surface area contributed by atoms with Crippen LogP contribution in [0.15, 0.2) is 41.4 Å². The minimum atomic E-state index is -3.89. The Balaban J connectivity index is 1.77. The predicted octanol–water partition coefficient (Wildman–Crippen LogP) is 3.50. The number of aryl methyl sites for hydroxylation is 1. The zero-order valence-corrected chi connectivity index (χ0v) is 19.9. The van der Waals surface area contributed by atoms with E-state index < -0.39 is 22.0 Å². The summed E-state index contributed by atoms with van der Waals surface area (Å²) < 4.78 is 33.6. The first-order chi connectivity index (χ1) is 15.0. The van der Waals surface area contributed by atoms with Crippen LogP contribution in [0.25, 0.3) is 11.0 Å². The van der Waals surface area contributed by atoms with Gasteiger partial charge in [0.15, 0.2) is 0 Å². The van der Waals surface area contributed by atoms with Crippen LogP contribution in [0.4, 0.5) is 0 Å². The van der Waals surface area contributed by atoms with Gasteiger partial charge >= 0.3 is 5.97 Å². The maximum absolute atomic E-state index is 12.9. The Morgan fingerprint density at radius 1 is 1.12 bits per heavy atom. The largest absolute Gasteiger partial charge is 0.462 e. The molecule has 0 aliphatic rings. The van der Waals surface area contributed by atoms with Gasteiger partial charge in [0.1, 0.15) is 17.4 Å². The molecule has 0 bridgehead atoms. The molecule has 8 nitrogen and oxygen atoms in total. The van der Waals surface area contributed by atoms with Gasteiger partial charge in [-0.1, -0.05) is 26.0 Å². The lowest BCUT2D eigenvalue weighted by Gasteiger charge is -2.20. The van der Waals surface area contributed by atoms with Gasteiger partial charge in [-0.05, 0) is 56.9 Å². The molecule has 0 fully saturated rings. The highest BCUT2D eigenvalue weighted by Crippen LogP contribution is 2.19. The van der Waals surface area contributed by atoms with Gasteiger partial charge in [0.05, 0.1) is 22.2 Å². The van der Waals surface area contributed by atoms with Crippen molar-refractivity contribution in [1.29, 1.82) is 0 Å². The Hall–Kier alpha value is -2.78. The molecule has 0 amide bonds. The van der Waals surface area contributed by atoms with Gasteiger partial charge in [-0.2, -0.15) is 4.72 Å². The number of rotatable bonds is 9. The first-order valence-electron chi connectivity index (χ1n) is 10.7. The van der Waals surface area contributed by atoms with Crippen molar-refractivity contribution in [3.05, 3.63) is 53.6 Å². The third kappa shape index (κ3) is 5.92. The molecular weight excluding hydrogens is 428 g/mol. The fourth-order valence-electron chi connectivity index (χ4n) is 3.46. The van der Waals surface area contributed by atoms with E-state index in [0.29, 0.717) is 12.8 Å². The number of esters is 1. The smallest absolute Gasteiger partial charge is 0.324 e. The summed E-state index contributed by atoms with van der Waals surface area (Å²) in [6.45, 7) is 9.21. The van der Waals surface area contributed by atoms with E-state index in [1.54, 1.807) is 32.2 Å². The van der Waals surface area contributed by atoms with Crippen LogP contribution in [-0.4, -0.2) is 41.5 Å². The molecule has 32 heavy (non-hydrogen) atoms. The lowest BCUT2D eigenvalue weighted by Crippen LogP contribution is -2.43. The number of aromatic nitrogens is 3. The van der Waals surface area contributed by atoms with Crippen molar-refractivity contribution in [3.63, 3.8) is 0 Å². The Bertz CT molecular complexity index is 1180. The summed E-state index contributed by atoms with van der Waals surface area (Å²) in [4.78, 5) is 24.6. The monoisotopic (exact) mass is 458 g/mol. The molecule has 1 atom stereocenters. The Labute approximate surface area is 188 Å². The molecular formula is C23H30N4O4S. The number of hydrogen-bond donors (Lipinski definition) is 2. The number of imidazole rings is 1. The van der Waals surface area contributed by atoms with Crippen LogP contribution in [0, 0.1) is 12.8 Å². The summed E-state index contributed by atoms with van der Waals surface area (Å²) >= 11 is 0. The second kappa shape index (κ2) is 9.79. The fourth-order valence-corrected chi connectivity index (χ4v) is 4.65. The molecule has 0 aliphatic carbocycles. The number of hydrogen-bond acceptors (Lipinski definition) is 6. The minimum Gasteiger partial charge on any atom is -0.462 e. The van der Waals surface area contributed by atoms with Crippen molar-refractivity contribution in [2.45, 2.75) is 64.5 Å². The van der Waals surface area contributed by atoms with Gasteiger partial charge in [-0.15, -0.1) is 0 Å². The lowest BCUT2D eigenvalue weighted by molar-refractivity contribution is -0.149. The quantitative estimate of drug-likeness (QED) is 0.474. The summed E-state index contributed by atoms with van der Waals surface area (Å²) in [5, 5.41) is 0. The summed E-state index contributed by atoms with van der Waals surface area (Å²) in [6, 6.07) is 7.50. The molecule has 0 unspecified atom stereocenters. The summed E-state index contributed by atoms with van der Waals surface area (Å²) in [5.41, 5.74) is 3.44. The summed E-state index contributed by atoms with van der Waals surface area (Å²) in [6.07, 6.45) is 2.27. The van der Waals surface area contributed by atoms with Crippen molar-refractivity contribution in [3.8, 4) is 0 Å². The second-order valence-corrected chi connectivity index (χ2v) is 10.3. The SMILES string of the molecule is Cc1nc2c(Cc3ccc(S(=O)(=O)N[C@@H](CC(C)C)C(=O)OC(C)C)cc3)nccc2[nH]1. The predicted molar refractivity (Wildman–Crippen MR) is 123 cm³/mol. The average molecular weight is 459 g/mol. The molecule has 0 radical (unpaired) electrons. The molecule has 2 heterocycles. The van der Waals surface area contributed by atoms with Gasteiger partial charge in [0, 0.05) is 12.6 Å². The van der Waals surface area contributed by atoms with E-state index >= 15 is 0 Å². The van der Waals surface area contributed by atoms with Crippen LogP contribution in [0.1, 0.15) is 51.2 Å². The molecule has 0 spiro atoms. The molecule has 172 valence electrons. The van der Waals surface area contributed by atoms with Gasteiger partial charge in [-0.25, -0.2) is 13.4 Å². The van der Waals surface area contributed by atoms with Crippen LogP contribution in [0.2, 0.25) is 0 Å². The molecule has 0 aliphatic heterocycles. The van der Waals surface area contributed by atoms with Crippen LogP contribution in [0.3, 0.4) is 0 Å². The highest BCUT2D eigenvalue weighted by molar-refractivity contribution is 7.89. The molecule has 2 N–H and O–H groups in total. The average Bonchev–Trinajstić information content (AvgIpc) is 3.08. The number of nitrogens with zero attached hydrogens (tertiary/aromatic N) is 2. The number of aromatic amines is 1. The number of fused-ring (bicyclic) bond motifs is 1. The molecule has 1 aromatic carbocycles. The van der Waals surface area contributed by atoms with Gasteiger partial charge < -0.3 is 9.72 Å². The van der Waals surface area contributed by atoms with Gasteiger partial charge in [-0.3, -0.25) is 9.78 Å². The van der Waals surface area contributed by atoms with E-state index in [1.807, 2.05) is 26.8 Å². The Morgan fingerprint density at radius 2 is 1.81 bits per heavy atom. The maximum Gasteiger partial charge on any atom is 0.324 e. The number of benzene rings is 1. The van der Waals surface area contributed by atoms with Crippen LogP contribution < -0.4 is 4.72 Å². The number of ether oxygens (including phenoxy) is 1. The first kappa shape index (κ1) is 23.9. The van der Waals surface area contributed by atoms with Crippen molar-refractivity contribution in [1.82, 2.24) is 19.7 Å². The van der Waals surface area contributed by atoms with Crippen molar-refractivity contribution >= 4 is 27.0 Å². The maximum atomic E-state index is 12.9. The number of pyridine rings is 1. The number of sulfonamides is 1. The molecule has 0 saturated heterocycles. The normalized spacial score (nSPS) is 13.1. The zero-order chi connectivity index (χ0) is 23.5. The van der Waals surface area contributed by atoms with Crippen molar-refractivity contribution in [2.75, 3.05) is 0 Å². The number of carbonyl (C=O) groups is 1. The van der Waals surface area contributed by atoms with E-state index in [4.69, 9.17) is 4.74 Å². The standard InChI is InChI=1S/C23H30N4O4S/c1-14(2)12-21(23(28)31-15(3)4)27-32(29,30)18-8-6-17(7-9-18)13-20-22-19(10-11-24-20)25-16(5)26-22/h6-11,14-15,21,27H,12-13H2,1-5H3,(H,25,26)/t21-/m0/s1. The van der Waals surface area contributed by atoms with E-state index in [9.17, 15) is 13.2 Å². The van der Waals surface area contributed by atoms with Gasteiger partial charge in [0.2, 0.25) is 10.0 Å². The summed E-state index contributed by atoms with van der Waals surface area (Å²) in [5.74, 6) is 0.363. The lowest BCUT2D eigenvalue weighted by atomic mass is 10.0. The second-order valence-electron chi connectivity index (χ2n) is 8.59. The molecule has 0 saturated carbocycles. The number of carbonyl (C=O) groups excluding carboxylic acids is 1. The molecule has 9 heteroatoms. The van der Waals surface area contributed by atoms with E-state index in [0.717, 1.165) is 28.1 Å². The van der Waals surface area contributed by atoms with Crippen LogP contribution >= 0.6 is 0 Å². The topological polar surface area (TPSA) is 114 Å². The first-order valence-corrected chi connectivity index (χ1v) is 12.2. The minimum absolute atomic E-state index is 0.0918. The fraction of sp³-hybridized carbons (Fsp3) is 0.435. The van der Waals surface area contributed by atoms with Crippen molar-refractivity contribution in [2.24, 2.45) is 5.92 Å². The van der Waals surface area contributed by atoms with Crippen molar-refractivity contribution < 1.29 is 17.9 Å². The zero-order valence-electron chi connectivity index (χ0n) is 19.0. The third-order valence-corrected chi connectivity index (χ3v) is 6.33. The molecule has 3 rings (SSSR count). The van der Waals surface area contributed by atoms with Gasteiger partial charge in [0.25, 0.3) is 0 Å². The van der Waals surface area contributed by atoms with E-state index in [-0.39, 0.29) is 16.9 Å². The van der Waals surface area contributed by atoms with Crippen LogP contribution in [0.5, 0.6) is 0 Å². The number of H-pyrrole nitrogens is 1. The van der Waals surface area contributed by atoms with Crippen LogP contribution in [-0.2, 0) is 26.0 Å². The number of nitrogens with one attached hydrogen (secondary N) is 2. The summed E-state index contributed by atoms with van der Waals surface area (Å²) in [7, 11) is -3.89. The molecule has 2 aromatic heterocycles. The van der Waals surface area contributed by atoms with E-state index in [2.05, 4.69) is 19.7 Å². The third-order valence-electron chi connectivity index (χ3n) is 4.84. The highest BCUT2D eigenvalue weighted by atomic mass is 32.2.